The summed E-state index contributed by atoms with van der Waals surface area (Å²) < 4.78 is 19.0. The maximum Gasteiger partial charge on any atom is 0.123 e. The van der Waals surface area contributed by atoms with Gasteiger partial charge < -0.3 is 10.5 Å². The first kappa shape index (κ1) is 12.5. The second-order valence-corrected chi connectivity index (χ2v) is 5.08. The third-order valence-corrected chi connectivity index (χ3v) is 3.69. The van der Waals surface area contributed by atoms with Gasteiger partial charge in [0.25, 0.3) is 0 Å². The number of benzene rings is 1. The van der Waals surface area contributed by atoms with Crippen LogP contribution < -0.4 is 5.73 Å². The molecule has 1 fully saturated rings. The smallest absolute Gasteiger partial charge is 0.123 e. The number of ether oxygens (including phenoxy) is 1. The zero-order valence-electron chi connectivity index (χ0n) is 10.7. The van der Waals surface area contributed by atoms with E-state index >= 15 is 0 Å². The Bertz CT molecular complexity index is 396. The van der Waals surface area contributed by atoms with E-state index in [1.165, 1.54) is 0 Å². The molecule has 1 aliphatic rings. The summed E-state index contributed by atoms with van der Waals surface area (Å²) in [7, 11) is 0. The van der Waals surface area contributed by atoms with E-state index in [4.69, 9.17) is 10.5 Å². The highest BCUT2D eigenvalue weighted by molar-refractivity contribution is 5.37. The molecule has 0 aliphatic carbocycles. The molecule has 1 saturated heterocycles. The van der Waals surface area contributed by atoms with Crippen molar-refractivity contribution in [3.63, 3.8) is 0 Å². The van der Waals surface area contributed by atoms with Gasteiger partial charge in [-0.25, -0.2) is 4.39 Å². The number of aryl methyl sites for hydroxylation is 2. The van der Waals surface area contributed by atoms with Crippen LogP contribution in [0.25, 0.3) is 0 Å². The Balaban J connectivity index is 2.33. The van der Waals surface area contributed by atoms with E-state index in [0.717, 1.165) is 29.7 Å². The molecular weight excluding hydrogens is 217 g/mol. The average molecular weight is 237 g/mol. The lowest BCUT2D eigenvalue weighted by molar-refractivity contribution is 0.0721. The lowest BCUT2D eigenvalue weighted by Crippen LogP contribution is -2.31. The molecule has 3 heteroatoms. The standard InChI is InChI=1S/C14H20FNO/c1-8-4-5-17-14(8)13(16)12-9(2)6-11(15)7-10(12)3/h6-8,13-14H,4-5,16H2,1-3H3. The van der Waals surface area contributed by atoms with Gasteiger partial charge in [-0.05, 0) is 55.0 Å². The third kappa shape index (κ3) is 2.35. The zero-order valence-corrected chi connectivity index (χ0v) is 10.7. The van der Waals surface area contributed by atoms with Crippen molar-refractivity contribution in [2.75, 3.05) is 6.61 Å². The summed E-state index contributed by atoms with van der Waals surface area (Å²) in [6.07, 6.45) is 1.11. The molecule has 0 amide bonds. The van der Waals surface area contributed by atoms with Crippen molar-refractivity contribution in [1.82, 2.24) is 0 Å². The molecule has 17 heavy (non-hydrogen) atoms. The van der Waals surface area contributed by atoms with Crippen LogP contribution in [0.3, 0.4) is 0 Å². The van der Waals surface area contributed by atoms with E-state index in [-0.39, 0.29) is 18.0 Å². The van der Waals surface area contributed by atoms with Crippen molar-refractivity contribution >= 4 is 0 Å². The van der Waals surface area contributed by atoms with Crippen molar-refractivity contribution in [3.05, 3.63) is 34.6 Å². The van der Waals surface area contributed by atoms with Crippen LogP contribution in [0.15, 0.2) is 12.1 Å². The maximum atomic E-state index is 13.3. The van der Waals surface area contributed by atoms with Gasteiger partial charge in [0.2, 0.25) is 0 Å². The molecule has 2 rings (SSSR count). The molecule has 2 nitrogen and oxygen atoms in total. The Morgan fingerprint density at radius 2 is 1.94 bits per heavy atom. The molecule has 2 N–H and O–H groups in total. The van der Waals surface area contributed by atoms with E-state index in [1.807, 2.05) is 13.8 Å². The monoisotopic (exact) mass is 237 g/mol. The van der Waals surface area contributed by atoms with Crippen LogP contribution >= 0.6 is 0 Å². The topological polar surface area (TPSA) is 35.2 Å². The number of nitrogens with two attached hydrogens (primary N) is 1. The number of rotatable bonds is 2. The number of hydrogen-bond donors (Lipinski definition) is 1. The van der Waals surface area contributed by atoms with Gasteiger partial charge in [-0.2, -0.15) is 0 Å². The minimum atomic E-state index is -0.198. The molecular formula is C14H20FNO. The molecule has 3 unspecified atom stereocenters. The van der Waals surface area contributed by atoms with Crippen LogP contribution in [0, 0.1) is 25.6 Å². The van der Waals surface area contributed by atoms with Crippen molar-refractivity contribution in [2.24, 2.45) is 11.7 Å². The second kappa shape index (κ2) is 4.75. The van der Waals surface area contributed by atoms with Gasteiger partial charge in [-0.3, -0.25) is 0 Å². The van der Waals surface area contributed by atoms with Crippen molar-refractivity contribution in [3.8, 4) is 0 Å². The average Bonchev–Trinajstić information content (AvgIpc) is 2.62. The van der Waals surface area contributed by atoms with Gasteiger partial charge in [0.15, 0.2) is 0 Å². The van der Waals surface area contributed by atoms with Gasteiger partial charge in [0, 0.05) is 6.61 Å². The van der Waals surface area contributed by atoms with Gasteiger partial charge in [-0.1, -0.05) is 6.92 Å². The summed E-state index contributed by atoms with van der Waals surface area (Å²) in [6.45, 7) is 6.75. The molecule has 0 bridgehead atoms. The number of halogens is 1. The van der Waals surface area contributed by atoms with Gasteiger partial charge >= 0.3 is 0 Å². The van der Waals surface area contributed by atoms with Gasteiger partial charge in [-0.15, -0.1) is 0 Å². The molecule has 94 valence electrons. The summed E-state index contributed by atoms with van der Waals surface area (Å²) in [5, 5.41) is 0. The Morgan fingerprint density at radius 1 is 1.35 bits per heavy atom. The zero-order chi connectivity index (χ0) is 12.6. The van der Waals surface area contributed by atoms with Crippen LogP contribution in [-0.4, -0.2) is 12.7 Å². The summed E-state index contributed by atoms with van der Waals surface area (Å²) >= 11 is 0. The minimum Gasteiger partial charge on any atom is -0.376 e. The molecule has 1 aromatic carbocycles. The van der Waals surface area contributed by atoms with Crippen molar-refractivity contribution in [1.29, 1.82) is 0 Å². The molecule has 1 aromatic rings. The molecule has 1 aliphatic heterocycles. The molecule has 0 saturated carbocycles. The Morgan fingerprint density at radius 3 is 2.41 bits per heavy atom. The number of hydrogen-bond acceptors (Lipinski definition) is 2. The fourth-order valence-corrected chi connectivity index (χ4v) is 2.79. The van der Waals surface area contributed by atoms with Crippen LogP contribution in [0.1, 0.15) is 36.1 Å². The largest absolute Gasteiger partial charge is 0.376 e. The summed E-state index contributed by atoms with van der Waals surface area (Å²) in [5.41, 5.74) is 9.16. The van der Waals surface area contributed by atoms with E-state index < -0.39 is 0 Å². The molecule has 0 aromatic heterocycles. The molecule has 0 spiro atoms. The van der Waals surface area contributed by atoms with Crippen LogP contribution in [0.5, 0.6) is 0 Å². The van der Waals surface area contributed by atoms with Crippen molar-refractivity contribution < 1.29 is 9.13 Å². The first-order chi connectivity index (χ1) is 8.00. The van der Waals surface area contributed by atoms with Crippen LogP contribution in [0.4, 0.5) is 4.39 Å². The van der Waals surface area contributed by atoms with Gasteiger partial charge in [0.1, 0.15) is 5.82 Å². The summed E-state index contributed by atoms with van der Waals surface area (Å²) in [5.74, 6) is 0.269. The fraction of sp³-hybridized carbons (Fsp3) is 0.571. The maximum absolute atomic E-state index is 13.3. The van der Waals surface area contributed by atoms with E-state index in [9.17, 15) is 4.39 Å². The van der Waals surface area contributed by atoms with E-state index in [1.54, 1.807) is 12.1 Å². The summed E-state index contributed by atoms with van der Waals surface area (Å²) in [4.78, 5) is 0. The Labute approximate surface area is 102 Å². The normalized spacial score (nSPS) is 26.2. The lowest BCUT2D eigenvalue weighted by Gasteiger charge is -2.25. The predicted molar refractivity (Wildman–Crippen MR) is 66.3 cm³/mol. The SMILES string of the molecule is Cc1cc(F)cc(C)c1C(N)C1OCCC1C. The summed E-state index contributed by atoms with van der Waals surface area (Å²) in [6, 6.07) is 2.93. The second-order valence-electron chi connectivity index (χ2n) is 5.08. The van der Waals surface area contributed by atoms with Crippen LogP contribution in [-0.2, 0) is 4.74 Å². The lowest BCUT2D eigenvalue weighted by atomic mass is 9.88. The van der Waals surface area contributed by atoms with E-state index in [0.29, 0.717) is 5.92 Å². The molecule has 0 radical (unpaired) electrons. The highest BCUT2D eigenvalue weighted by Crippen LogP contribution is 2.32. The van der Waals surface area contributed by atoms with Crippen molar-refractivity contribution in [2.45, 2.75) is 39.3 Å². The quantitative estimate of drug-likeness (QED) is 0.858. The molecule has 3 atom stereocenters. The fourth-order valence-electron chi connectivity index (χ4n) is 2.79. The third-order valence-electron chi connectivity index (χ3n) is 3.69. The minimum absolute atomic E-state index is 0.0536. The Hall–Kier alpha value is -0.930. The first-order valence-electron chi connectivity index (χ1n) is 6.14. The Kier molecular flexibility index (Phi) is 3.50. The first-order valence-corrected chi connectivity index (χ1v) is 6.14. The molecule has 1 heterocycles. The van der Waals surface area contributed by atoms with E-state index in [2.05, 4.69) is 6.92 Å². The highest BCUT2D eigenvalue weighted by Gasteiger charge is 2.32. The predicted octanol–water partition coefficient (Wildman–Crippen LogP) is 2.87. The van der Waals surface area contributed by atoms with Crippen LogP contribution in [0.2, 0.25) is 0 Å². The van der Waals surface area contributed by atoms with Gasteiger partial charge in [0.05, 0.1) is 12.1 Å². The highest BCUT2D eigenvalue weighted by atomic mass is 19.1.